The van der Waals surface area contributed by atoms with Gasteiger partial charge in [-0.3, -0.25) is 4.79 Å². The fourth-order valence-electron chi connectivity index (χ4n) is 1.66. The molecule has 0 saturated heterocycles. The zero-order valence-corrected chi connectivity index (χ0v) is 10.9. The van der Waals surface area contributed by atoms with E-state index in [-0.39, 0.29) is 12.2 Å². The molecule has 2 N–H and O–H groups in total. The van der Waals surface area contributed by atoms with Crippen LogP contribution in [0.25, 0.3) is 0 Å². The number of hydrogen-bond donors (Lipinski definition) is 2. The average Bonchev–Trinajstić information content (AvgIpc) is 2.49. The number of aliphatic hydroxyl groups is 1. The Bertz CT molecular complexity index is 715. The highest BCUT2D eigenvalue weighted by Gasteiger charge is 2.14. The molecule has 0 aliphatic rings. The molecule has 0 saturated carbocycles. The van der Waals surface area contributed by atoms with Gasteiger partial charge in [-0.25, -0.2) is 8.78 Å². The molecule has 1 amide bonds. The van der Waals surface area contributed by atoms with Gasteiger partial charge in [0.25, 0.3) is 5.91 Å². The summed E-state index contributed by atoms with van der Waals surface area (Å²) in [4.78, 5) is 11.9. The van der Waals surface area contributed by atoms with Crippen molar-refractivity contribution in [2.24, 2.45) is 0 Å². The van der Waals surface area contributed by atoms with Crippen LogP contribution < -0.4 is 5.32 Å². The zero-order valence-electron chi connectivity index (χ0n) is 10.9. The van der Waals surface area contributed by atoms with Gasteiger partial charge in [0.1, 0.15) is 6.61 Å². The molecule has 0 heterocycles. The minimum atomic E-state index is -1.18. The number of carbonyl (C=O) groups excluding carboxylic acids is 1. The monoisotopic (exact) mass is 287 g/mol. The number of halogens is 2. The van der Waals surface area contributed by atoms with Gasteiger partial charge in [0.2, 0.25) is 0 Å². The number of nitrogens with one attached hydrogen (secondary N) is 1. The molecule has 0 radical (unpaired) electrons. The summed E-state index contributed by atoms with van der Waals surface area (Å²) in [5.41, 5.74) is 0.733. The number of aliphatic hydroxyl groups excluding tert-OH is 1. The normalized spacial score (nSPS) is 9.67. The lowest BCUT2D eigenvalue weighted by Gasteiger charge is -2.06. The quantitative estimate of drug-likeness (QED) is 0.834. The van der Waals surface area contributed by atoms with E-state index < -0.39 is 17.5 Å². The molecule has 2 aromatic carbocycles. The second-order valence-electron chi connectivity index (χ2n) is 4.09. The van der Waals surface area contributed by atoms with Crippen molar-refractivity contribution >= 4 is 11.6 Å². The standard InChI is InChI=1S/C16H11F2NO2/c17-14-5-1-4-13(15(14)18)16(21)19-12-8-6-11(7-9-12)3-2-10-20/h1,4-9,20H,10H2,(H,19,21). The lowest BCUT2D eigenvalue weighted by Crippen LogP contribution is -2.14. The lowest BCUT2D eigenvalue weighted by molar-refractivity contribution is 0.102. The third-order valence-corrected chi connectivity index (χ3v) is 2.65. The summed E-state index contributed by atoms with van der Waals surface area (Å²) in [6.45, 7) is -0.239. The molecule has 0 atom stereocenters. The van der Waals surface area contributed by atoms with Crippen LogP contribution in [0, 0.1) is 23.5 Å². The molecule has 0 aliphatic carbocycles. The molecule has 0 aliphatic heterocycles. The van der Waals surface area contributed by atoms with Gasteiger partial charge in [-0.15, -0.1) is 0 Å². The topological polar surface area (TPSA) is 49.3 Å². The van der Waals surface area contributed by atoms with Crippen LogP contribution in [0.4, 0.5) is 14.5 Å². The van der Waals surface area contributed by atoms with Crippen LogP contribution in [0.1, 0.15) is 15.9 Å². The Morgan fingerprint density at radius 1 is 1.14 bits per heavy atom. The molecule has 0 spiro atoms. The van der Waals surface area contributed by atoms with E-state index in [1.54, 1.807) is 24.3 Å². The van der Waals surface area contributed by atoms with Gasteiger partial charge in [0, 0.05) is 11.3 Å². The third kappa shape index (κ3) is 3.65. The molecule has 2 rings (SSSR count). The molecule has 0 unspecified atom stereocenters. The molecule has 0 bridgehead atoms. The maximum atomic E-state index is 13.5. The van der Waals surface area contributed by atoms with Crippen LogP contribution >= 0.6 is 0 Å². The SMILES string of the molecule is O=C(Nc1ccc(C#CCO)cc1)c1cccc(F)c1F. The molecule has 5 heteroatoms. The van der Waals surface area contributed by atoms with Gasteiger partial charge in [-0.2, -0.15) is 0 Å². The first-order valence-corrected chi connectivity index (χ1v) is 6.07. The van der Waals surface area contributed by atoms with Gasteiger partial charge >= 0.3 is 0 Å². The first kappa shape index (κ1) is 14.7. The molecular weight excluding hydrogens is 276 g/mol. The Labute approximate surface area is 120 Å². The van der Waals surface area contributed by atoms with E-state index in [9.17, 15) is 13.6 Å². The molecule has 0 aromatic heterocycles. The van der Waals surface area contributed by atoms with E-state index in [0.29, 0.717) is 11.3 Å². The Morgan fingerprint density at radius 3 is 2.52 bits per heavy atom. The van der Waals surface area contributed by atoms with Gasteiger partial charge in [0.15, 0.2) is 11.6 Å². The van der Waals surface area contributed by atoms with Crippen LogP contribution in [0.5, 0.6) is 0 Å². The molecular formula is C16H11F2NO2. The third-order valence-electron chi connectivity index (χ3n) is 2.65. The highest BCUT2D eigenvalue weighted by atomic mass is 19.2. The van der Waals surface area contributed by atoms with Gasteiger partial charge in [0.05, 0.1) is 5.56 Å². The van der Waals surface area contributed by atoms with E-state index in [1.807, 2.05) is 0 Å². The minimum absolute atomic E-state index is 0.239. The van der Waals surface area contributed by atoms with Crippen molar-refractivity contribution in [3.63, 3.8) is 0 Å². The first-order chi connectivity index (χ1) is 10.1. The van der Waals surface area contributed by atoms with E-state index in [2.05, 4.69) is 17.2 Å². The molecule has 2 aromatic rings. The Balaban J connectivity index is 2.14. The Kier molecular flexibility index (Phi) is 4.64. The zero-order chi connectivity index (χ0) is 15.2. The predicted molar refractivity (Wildman–Crippen MR) is 74.7 cm³/mol. The van der Waals surface area contributed by atoms with Crippen molar-refractivity contribution < 1.29 is 18.7 Å². The van der Waals surface area contributed by atoms with E-state index in [4.69, 9.17) is 5.11 Å². The maximum Gasteiger partial charge on any atom is 0.258 e. The minimum Gasteiger partial charge on any atom is -0.384 e. The van der Waals surface area contributed by atoms with E-state index in [1.165, 1.54) is 12.1 Å². The summed E-state index contributed by atoms with van der Waals surface area (Å²) >= 11 is 0. The number of anilines is 1. The van der Waals surface area contributed by atoms with Gasteiger partial charge in [-0.1, -0.05) is 17.9 Å². The summed E-state index contributed by atoms with van der Waals surface area (Å²) in [5, 5.41) is 11.0. The fourth-order valence-corrected chi connectivity index (χ4v) is 1.66. The summed E-state index contributed by atoms with van der Waals surface area (Å²) in [7, 11) is 0. The van der Waals surface area contributed by atoms with Crippen molar-refractivity contribution in [3.8, 4) is 11.8 Å². The number of amides is 1. The number of carbonyl (C=O) groups is 1. The molecule has 3 nitrogen and oxygen atoms in total. The molecule has 106 valence electrons. The highest BCUT2D eigenvalue weighted by molar-refractivity contribution is 6.04. The van der Waals surface area contributed by atoms with Gasteiger partial charge < -0.3 is 10.4 Å². The largest absolute Gasteiger partial charge is 0.384 e. The van der Waals surface area contributed by atoms with Crippen LogP contribution in [-0.2, 0) is 0 Å². The van der Waals surface area contributed by atoms with Crippen molar-refractivity contribution in [1.29, 1.82) is 0 Å². The van der Waals surface area contributed by atoms with Crippen LogP contribution in [0.15, 0.2) is 42.5 Å². The average molecular weight is 287 g/mol. The van der Waals surface area contributed by atoms with Gasteiger partial charge in [-0.05, 0) is 36.4 Å². The van der Waals surface area contributed by atoms with Crippen molar-refractivity contribution in [2.45, 2.75) is 0 Å². The van der Waals surface area contributed by atoms with Crippen molar-refractivity contribution in [2.75, 3.05) is 11.9 Å². The highest BCUT2D eigenvalue weighted by Crippen LogP contribution is 2.15. The summed E-state index contributed by atoms with van der Waals surface area (Å²) in [5.74, 6) is 2.20. The van der Waals surface area contributed by atoms with Crippen LogP contribution in [0.2, 0.25) is 0 Å². The fraction of sp³-hybridized carbons (Fsp3) is 0.0625. The number of benzene rings is 2. The summed E-state index contributed by atoms with van der Waals surface area (Å²) in [6.07, 6.45) is 0. The Morgan fingerprint density at radius 2 is 1.86 bits per heavy atom. The maximum absolute atomic E-state index is 13.5. The number of rotatable bonds is 2. The molecule has 21 heavy (non-hydrogen) atoms. The lowest BCUT2D eigenvalue weighted by atomic mass is 10.1. The van der Waals surface area contributed by atoms with Crippen molar-refractivity contribution in [3.05, 3.63) is 65.2 Å². The molecule has 0 fully saturated rings. The first-order valence-electron chi connectivity index (χ1n) is 6.07. The second-order valence-corrected chi connectivity index (χ2v) is 4.09. The smallest absolute Gasteiger partial charge is 0.258 e. The predicted octanol–water partition coefficient (Wildman–Crippen LogP) is 2.56. The van der Waals surface area contributed by atoms with E-state index in [0.717, 1.165) is 6.07 Å². The summed E-state index contributed by atoms with van der Waals surface area (Å²) < 4.78 is 26.5. The second kappa shape index (κ2) is 6.64. The Hall–Kier alpha value is -2.71. The van der Waals surface area contributed by atoms with Crippen molar-refractivity contribution in [1.82, 2.24) is 0 Å². The van der Waals surface area contributed by atoms with Crippen LogP contribution in [0.3, 0.4) is 0 Å². The van der Waals surface area contributed by atoms with E-state index >= 15 is 0 Å². The van der Waals surface area contributed by atoms with Crippen LogP contribution in [-0.4, -0.2) is 17.6 Å². The number of hydrogen-bond acceptors (Lipinski definition) is 2. The summed E-state index contributed by atoms with van der Waals surface area (Å²) in [6, 6.07) is 9.85.